The lowest BCUT2D eigenvalue weighted by Gasteiger charge is -2.26. The van der Waals surface area contributed by atoms with Crippen LogP contribution in [0.3, 0.4) is 0 Å². The SMILES string of the molecule is CC(C)c1ccccc1NC(=O)NC(C)(C)CCC(=O)O. The zero-order chi connectivity index (χ0) is 16.0. The van der Waals surface area contributed by atoms with Crippen molar-refractivity contribution < 1.29 is 14.7 Å². The standard InChI is InChI=1S/C16H24N2O3/c1-11(2)12-7-5-6-8-13(12)17-15(21)18-16(3,4)10-9-14(19)20/h5-8,11H,9-10H2,1-4H3,(H,19,20)(H2,17,18,21). The molecule has 0 atom stereocenters. The number of rotatable bonds is 6. The summed E-state index contributed by atoms with van der Waals surface area (Å²) in [6.07, 6.45) is 0.400. The summed E-state index contributed by atoms with van der Waals surface area (Å²) in [5, 5.41) is 14.4. The zero-order valence-corrected chi connectivity index (χ0v) is 13.1. The number of benzene rings is 1. The third-order valence-corrected chi connectivity index (χ3v) is 3.25. The first-order valence-corrected chi connectivity index (χ1v) is 7.11. The predicted molar refractivity (Wildman–Crippen MR) is 83.6 cm³/mol. The first-order chi connectivity index (χ1) is 9.71. The number of anilines is 1. The molecule has 1 aromatic carbocycles. The molecular weight excluding hydrogens is 268 g/mol. The number of hydrogen-bond acceptors (Lipinski definition) is 2. The fourth-order valence-electron chi connectivity index (χ4n) is 2.06. The van der Waals surface area contributed by atoms with E-state index in [0.717, 1.165) is 11.3 Å². The smallest absolute Gasteiger partial charge is 0.319 e. The van der Waals surface area contributed by atoms with Crippen LogP contribution in [0.25, 0.3) is 0 Å². The summed E-state index contributed by atoms with van der Waals surface area (Å²) in [5.74, 6) is -0.558. The summed E-state index contributed by atoms with van der Waals surface area (Å²) in [6.45, 7) is 7.75. The second-order valence-electron chi connectivity index (χ2n) is 6.10. The lowest BCUT2D eigenvalue weighted by atomic mass is 9.98. The Morgan fingerprint density at radius 2 is 1.86 bits per heavy atom. The van der Waals surface area contributed by atoms with E-state index in [4.69, 9.17) is 5.11 Å². The maximum Gasteiger partial charge on any atom is 0.319 e. The maximum atomic E-state index is 12.1. The summed E-state index contributed by atoms with van der Waals surface area (Å²) >= 11 is 0. The van der Waals surface area contributed by atoms with Gasteiger partial charge < -0.3 is 15.7 Å². The molecule has 2 amide bonds. The maximum absolute atomic E-state index is 12.1. The van der Waals surface area contributed by atoms with Gasteiger partial charge in [0.25, 0.3) is 0 Å². The minimum atomic E-state index is -0.865. The van der Waals surface area contributed by atoms with Crippen LogP contribution >= 0.6 is 0 Å². The van der Waals surface area contributed by atoms with Crippen molar-refractivity contribution >= 4 is 17.7 Å². The molecule has 1 rings (SSSR count). The van der Waals surface area contributed by atoms with Crippen LogP contribution in [-0.2, 0) is 4.79 Å². The molecule has 0 unspecified atom stereocenters. The Labute approximate surface area is 125 Å². The highest BCUT2D eigenvalue weighted by atomic mass is 16.4. The third-order valence-electron chi connectivity index (χ3n) is 3.25. The Kier molecular flexibility index (Phi) is 5.76. The van der Waals surface area contributed by atoms with Crippen LogP contribution in [0.2, 0.25) is 0 Å². The zero-order valence-electron chi connectivity index (χ0n) is 13.1. The van der Waals surface area contributed by atoms with Crippen LogP contribution in [0.4, 0.5) is 10.5 Å². The van der Waals surface area contributed by atoms with Gasteiger partial charge in [0.05, 0.1) is 0 Å². The summed E-state index contributed by atoms with van der Waals surface area (Å²) in [5.41, 5.74) is 1.27. The number of amides is 2. The Hall–Kier alpha value is -2.04. The second-order valence-corrected chi connectivity index (χ2v) is 6.10. The molecule has 5 heteroatoms. The molecule has 5 nitrogen and oxygen atoms in total. The van der Waals surface area contributed by atoms with Crippen LogP contribution in [0.1, 0.15) is 52.0 Å². The Morgan fingerprint density at radius 3 is 2.43 bits per heavy atom. The van der Waals surface area contributed by atoms with Crippen molar-refractivity contribution in [1.29, 1.82) is 0 Å². The lowest BCUT2D eigenvalue weighted by Crippen LogP contribution is -2.45. The Bertz CT molecular complexity index is 510. The number of carbonyl (C=O) groups excluding carboxylic acids is 1. The summed E-state index contributed by atoms with van der Waals surface area (Å²) in [4.78, 5) is 22.7. The van der Waals surface area contributed by atoms with Gasteiger partial charge >= 0.3 is 12.0 Å². The topological polar surface area (TPSA) is 78.4 Å². The van der Waals surface area contributed by atoms with Gasteiger partial charge in [-0.25, -0.2) is 4.79 Å². The van der Waals surface area contributed by atoms with Crippen molar-refractivity contribution in [1.82, 2.24) is 5.32 Å². The highest BCUT2D eigenvalue weighted by Gasteiger charge is 2.22. The average Bonchev–Trinajstić information content (AvgIpc) is 2.36. The summed E-state index contributed by atoms with van der Waals surface area (Å²) < 4.78 is 0. The van der Waals surface area contributed by atoms with Crippen LogP contribution < -0.4 is 10.6 Å². The quantitative estimate of drug-likeness (QED) is 0.750. The molecule has 3 N–H and O–H groups in total. The van der Waals surface area contributed by atoms with Crippen molar-refractivity contribution in [2.75, 3.05) is 5.32 Å². The van der Waals surface area contributed by atoms with E-state index in [2.05, 4.69) is 24.5 Å². The van der Waals surface area contributed by atoms with Gasteiger partial charge in [0.1, 0.15) is 0 Å². The van der Waals surface area contributed by atoms with Crippen LogP contribution in [0.15, 0.2) is 24.3 Å². The third kappa shape index (κ3) is 5.85. The molecule has 0 fully saturated rings. The van der Waals surface area contributed by atoms with Gasteiger partial charge in [-0.3, -0.25) is 4.79 Å². The van der Waals surface area contributed by atoms with Gasteiger partial charge in [-0.05, 0) is 37.8 Å². The van der Waals surface area contributed by atoms with E-state index in [9.17, 15) is 9.59 Å². The van der Waals surface area contributed by atoms with E-state index >= 15 is 0 Å². The number of carbonyl (C=O) groups is 2. The van der Waals surface area contributed by atoms with E-state index in [-0.39, 0.29) is 12.5 Å². The number of nitrogens with one attached hydrogen (secondary N) is 2. The molecule has 0 aliphatic carbocycles. The molecule has 116 valence electrons. The number of carboxylic acid groups (broad SMARTS) is 1. The molecule has 0 radical (unpaired) electrons. The summed E-state index contributed by atoms with van der Waals surface area (Å²) in [7, 11) is 0. The van der Waals surface area contributed by atoms with Gasteiger partial charge in [-0.1, -0.05) is 32.0 Å². The monoisotopic (exact) mass is 292 g/mol. The van der Waals surface area contributed by atoms with Crippen LogP contribution in [0.5, 0.6) is 0 Å². The second kappa shape index (κ2) is 7.11. The van der Waals surface area contributed by atoms with Gasteiger partial charge in [0, 0.05) is 17.6 Å². The van der Waals surface area contributed by atoms with E-state index < -0.39 is 11.5 Å². The number of para-hydroxylation sites is 1. The minimum absolute atomic E-state index is 0.0237. The Morgan fingerprint density at radius 1 is 1.24 bits per heavy atom. The van der Waals surface area contributed by atoms with Gasteiger partial charge in [-0.2, -0.15) is 0 Å². The first-order valence-electron chi connectivity index (χ1n) is 7.11. The highest BCUT2D eigenvalue weighted by Crippen LogP contribution is 2.23. The minimum Gasteiger partial charge on any atom is -0.481 e. The van der Waals surface area contributed by atoms with Gasteiger partial charge in [0.2, 0.25) is 0 Å². The molecule has 0 heterocycles. The molecule has 0 saturated heterocycles. The molecule has 0 aromatic heterocycles. The fraction of sp³-hybridized carbons (Fsp3) is 0.500. The molecule has 0 aliphatic rings. The normalized spacial score (nSPS) is 11.3. The summed E-state index contributed by atoms with van der Waals surface area (Å²) in [6, 6.07) is 7.33. The van der Waals surface area contributed by atoms with E-state index in [0.29, 0.717) is 12.3 Å². The number of carboxylic acids is 1. The van der Waals surface area contributed by atoms with Crippen molar-refractivity contribution in [3.8, 4) is 0 Å². The molecule has 0 bridgehead atoms. The predicted octanol–water partition coefficient (Wildman–Crippen LogP) is 3.57. The van der Waals surface area contributed by atoms with Crippen molar-refractivity contribution in [3.05, 3.63) is 29.8 Å². The first kappa shape index (κ1) is 17.0. The van der Waals surface area contributed by atoms with E-state index in [1.165, 1.54) is 0 Å². The molecule has 0 aliphatic heterocycles. The molecule has 1 aromatic rings. The van der Waals surface area contributed by atoms with E-state index in [1.54, 1.807) is 0 Å². The lowest BCUT2D eigenvalue weighted by molar-refractivity contribution is -0.137. The average molecular weight is 292 g/mol. The molecular formula is C16H24N2O3. The number of urea groups is 1. The van der Waals surface area contributed by atoms with Crippen molar-refractivity contribution in [3.63, 3.8) is 0 Å². The van der Waals surface area contributed by atoms with E-state index in [1.807, 2.05) is 38.1 Å². The van der Waals surface area contributed by atoms with Gasteiger partial charge in [0.15, 0.2) is 0 Å². The molecule has 21 heavy (non-hydrogen) atoms. The van der Waals surface area contributed by atoms with Crippen LogP contribution in [0, 0.1) is 0 Å². The number of aliphatic carboxylic acids is 1. The molecule has 0 spiro atoms. The molecule has 0 saturated carbocycles. The fourth-order valence-corrected chi connectivity index (χ4v) is 2.06. The Balaban J connectivity index is 2.67. The van der Waals surface area contributed by atoms with Crippen molar-refractivity contribution in [2.24, 2.45) is 0 Å². The highest BCUT2D eigenvalue weighted by molar-refractivity contribution is 5.90. The largest absolute Gasteiger partial charge is 0.481 e. The van der Waals surface area contributed by atoms with Crippen LogP contribution in [-0.4, -0.2) is 22.6 Å². The number of hydrogen-bond donors (Lipinski definition) is 3. The van der Waals surface area contributed by atoms with Crippen molar-refractivity contribution in [2.45, 2.75) is 52.0 Å². The van der Waals surface area contributed by atoms with Gasteiger partial charge in [-0.15, -0.1) is 0 Å².